The Morgan fingerprint density at radius 3 is 2.84 bits per heavy atom. The van der Waals surface area contributed by atoms with Gasteiger partial charge in [0.15, 0.2) is 0 Å². The third-order valence-electron chi connectivity index (χ3n) is 3.95. The molecule has 0 saturated carbocycles. The number of hydrogen-bond donors (Lipinski definition) is 1. The number of nitrogens with one attached hydrogen (secondary N) is 1. The summed E-state index contributed by atoms with van der Waals surface area (Å²) in [7, 11) is -3.68. The van der Waals surface area contributed by atoms with Crippen LogP contribution in [0.1, 0.15) is 5.56 Å². The average Bonchev–Trinajstić information content (AvgIpc) is 3.01. The molecule has 2 heterocycles. The fourth-order valence-corrected chi connectivity index (χ4v) is 5.03. The lowest BCUT2D eigenvalue weighted by Crippen LogP contribution is -2.23. The van der Waals surface area contributed by atoms with Gasteiger partial charge in [-0.05, 0) is 46.7 Å². The molecule has 126 valence electrons. The summed E-state index contributed by atoms with van der Waals surface area (Å²) in [5.74, 6) is 0. The standard InChI is InChI=1S/C18H13ClN2O2S2/c19-14-6-7-16-15(9-14)13(11-24-16)10-21-25(22,23)17-5-1-3-12-4-2-8-20-18(12)17/h1-9,11,21H,10H2. The van der Waals surface area contributed by atoms with E-state index in [2.05, 4.69) is 9.71 Å². The maximum atomic E-state index is 12.8. The van der Waals surface area contributed by atoms with E-state index < -0.39 is 10.0 Å². The molecule has 0 unspecified atom stereocenters. The van der Waals surface area contributed by atoms with Crippen LogP contribution < -0.4 is 4.72 Å². The van der Waals surface area contributed by atoms with Crippen molar-refractivity contribution in [1.82, 2.24) is 9.71 Å². The van der Waals surface area contributed by atoms with E-state index in [4.69, 9.17) is 11.6 Å². The molecule has 2 aromatic heterocycles. The van der Waals surface area contributed by atoms with Gasteiger partial charge in [0.05, 0.1) is 5.52 Å². The van der Waals surface area contributed by atoms with Crippen LogP contribution in [-0.2, 0) is 16.6 Å². The monoisotopic (exact) mass is 388 g/mol. The molecule has 2 aromatic carbocycles. The Bertz CT molecular complexity index is 1180. The highest BCUT2D eigenvalue weighted by atomic mass is 35.5. The zero-order valence-electron chi connectivity index (χ0n) is 12.9. The van der Waals surface area contributed by atoms with Crippen LogP contribution in [0.5, 0.6) is 0 Å². The molecular weight excluding hydrogens is 376 g/mol. The number of fused-ring (bicyclic) bond motifs is 2. The summed E-state index contributed by atoms with van der Waals surface area (Å²) in [6.45, 7) is 0.200. The Hall–Kier alpha value is -1.99. The van der Waals surface area contributed by atoms with Crippen molar-refractivity contribution in [3.05, 3.63) is 70.7 Å². The SMILES string of the molecule is O=S(=O)(NCc1csc2ccc(Cl)cc12)c1cccc2cccnc12. The minimum Gasteiger partial charge on any atom is -0.255 e. The van der Waals surface area contributed by atoms with Crippen LogP contribution in [-0.4, -0.2) is 13.4 Å². The summed E-state index contributed by atoms with van der Waals surface area (Å²) in [5.41, 5.74) is 1.37. The van der Waals surface area contributed by atoms with Crippen LogP contribution in [0, 0.1) is 0 Å². The van der Waals surface area contributed by atoms with Crippen molar-refractivity contribution in [3.8, 4) is 0 Å². The summed E-state index contributed by atoms with van der Waals surface area (Å²) >= 11 is 7.62. The van der Waals surface area contributed by atoms with E-state index in [0.29, 0.717) is 10.5 Å². The molecule has 4 aromatic rings. The second-order valence-corrected chi connectivity index (χ2v) is 8.64. The zero-order chi connectivity index (χ0) is 17.4. The Kier molecular flexibility index (Phi) is 4.21. The van der Waals surface area contributed by atoms with Crippen LogP contribution in [0.25, 0.3) is 21.0 Å². The Labute approximate surface area is 154 Å². The van der Waals surface area contributed by atoms with Crippen molar-refractivity contribution in [2.45, 2.75) is 11.4 Å². The van der Waals surface area contributed by atoms with E-state index in [9.17, 15) is 8.42 Å². The van der Waals surface area contributed by atoms with Gasteiger partial charge >= 0.3 is 0 Å². The van der Waals surface area contributed by atoms with Crippen molar-refractivity contribution in [1.29, 1.82) is 0 Å². The van der Waals surface area contributed by atoms with Crippen molar-refractivity contribution in [2.24, 2.45) is 0 Å². The number of benzene rings is 2. The summed E-state index contributed by atoms with van der Waals surface area (Å²) in [4.78, 5) is 4.40. The van der Waals surface area contributed by atoms with Gasteiger partial charge in [0.2, 0.25) is 10.0 Å². The smallest absolute Gasteiger partial charge is 0.243 e. The topological polar surface area (TPSA) is 59.1 Å². The van der Waals surface area contributed by atoms with Gasteiger partial charge in [-0.25, -0.2) is 13.1 Å². The molecule has 4 nitrogen and oxygen atoms in total. The quantitative estimate of drug-likeness (QED) is 0.556. The second kappa shape index (κ2) is 6.38. The number of sulfonamides is 1. The maximum absolute atomic E-state index is 12.8. The van der Waals surface area contributed by atoms with Crippen molar-refractivity contribution in [2.75, 3.05) is 0 Å². The van der Waals surface area contributed by atoms with Crippen molar-refractivity contribution < 1.29 is 8.42 Å². The summed E-state index contributed by atoms with van der Waals surface area (Å²) < 4.78 is 29.3. The summed E-state index contributed by atoms with van der Waals surface area (Å²) in [6, 6.07) is 14.4. The van der Waals surface area contributed by atoms with E-state index in [1.807, 2.05) is 35.7 Å². The number of thiophene rings is 1. The first-order valence-corrected chi connectivity index (χ1v) is 10.3. The average molecular weight is 389 g/mol. The lowest BCUT2D eigenvalue weighted by Gasteiger charge is -2.09. The molecule has 0 aliphatic rings. The van der Waals surface area contributed by atoms with E-state index in [1.54, 1.807) is 35.7 Å². The van der Waals surface area contributed by atoms with Crippen LogP contribution >= 0.6 is 22.9 Å². The van der Waals surface area contributed by atoms with Crippen LogP contribution in [0.2, 0.25) is 5.02 Å². The highest BCUT2D eigenvalue weighted by Gasteiger charge is 2.18. The molecule has 1 N–H and O–H groups in total. The molecule has 0 bridgehead atoms. The van der Waals surface area contributed by atoms with Gasteiger partial charge in [-0.15, -0.1) is 11.3 Å². The molecular formula is C18H13ClN2O2S2. The third-order valence-corrected chi connectivity index (χ3v) is 6.63. The van der Waals surface area contributed by atoms with Gasteiger partial charge in [0.1, 0.15) is 4.90 Å². The Morgan fingerprint density at radius 2 is 1.96 bits per heavy atom. The molecule has 0 saturated heterocycles. The molecule has 0 aliphatic heterocycles. The first-order chi connectivity index (χ1) is 12.0. The largest absolute Gasteiger partial charge is 0.255 e. The maximum Gasteiger partial charge on any atom is 0.243 e. The van der Waals surface area contributed by atoms with E-state index in [-0.39, 0.29) is 11.4 Å². The number of hydrogen-bond acceptors (Lipinski definition) is 4. The number of nitrogens with zero attached hydrogens (tertiary/aromatic N) is 1. The zero-order valence-corrected chi connectivity index (χ0v) is 15.3. The Morgan fingerprint density at radius 1 is 1.12 bits per heavy atom. The predicted octanol–water partition coefficient (Wildman–Crippen LogP) is 4.58. The van der Waals surface area contributed by atoms with Gasteiger partial charge in [0, 0.05) is 27.9 Å². The summed E-state index contributed by atoms with van der Waals surface area (Å²) in [5, 5.41) is 4.34. The fourth-order valence-electron chi connectivity index (χ4n) is 2.73. The van der Waals surface area contributed by atoms with E-state index >= 15 is 0 Å². The number of rotatable bonds is 4. The minimum atomic E-state index is -3.68. The molecule has 7 heteroatoms. The van der Waals surface area contributed by atoms with Gasteiger partial charge < -0.3 is 0 Å². The molecule has 0 fully saturated rings. The van der Waals surface area contributed by atoms with Crippen molar-refractivity contribution >= 4 is 54.0 Å². The molecule has 0 spiro atoms. The molecule has 0 radical (unpaired) electrons. The second-order valence-electron chi connectivity index (χ2n) is 5.56. The van der Waals surface area contributed by atoms with Gasteiger partial charge in [-0.2, -0.15) is 0 Å². The highest BCUT2D eigenvalue weighted by Crippen LogP contribution is 2.29. The number of para-hydroxylation sites is 1. The lowest BCUT2D eigenvalue weighted by atomic mass is 10.2. The lowest BCUT2D eigenvalue weighted by molar-refractivity contribution is 0.582. The third kappa shape index (κ3) is 3.14. The minimum absolute atomic E-state index is 0.183. The van der Waals surface area contributed by atoms with Crippen LogP contribution in [0.3, 0.4) is 0 Å². The number of halogens is 1. The molecule has 25 heavy (non-hydrogen) atoms. The number of aromatic nitrogens is 1. The van der Waals surface area contributed by atoms with Gasteiger partial charge in [-0.1, -0.05) is 29.8 Å². The molecule has 0 atom stereocenters. The van der Waals surface area contributed by atoms with Crippen LogP contribution in [0.15, 0.2) is 65.0 Å². The first-order valence-electron chi connectivity index (χ1n) is 7.54. The van der Waals surface area contributed by atoms with Crippen molar-refractivity contribution in [3.63, 3.8) is 0 Å². The van der Waals surface area contributed by atoms with E-state index in [1.165, 1.54) is 0 Å². The Balaban J connectivity index is 1.68. The normalized spacial score (nSPS) is 12.0. The summed E-state index contributed by atoms with van der Waals surface area (Å²) in [6.07, 6.45) is 1.59. The molecule has 4 rings (SSSR count). The van der Waals surface area contributed by atoms with Crippen LogP contribution in [0.4, 0.5) is 0 Å². The molecule has 0 amide bonds. The highest BCUT2D eigenvalue weighted by molar-refractivity contribution is 7.89. The fraction of sp³-hybridized carbons (Fsp3) is 0.0556. The number of pyridine rings is 1. The van der Waals surface area contributed by atoms with Gasteiger partial charge in [0.25, 0.3) is 0 Å². The van der Waals surface area contributed by atoms with E-state index in [0.717, 1.165) is 21.0 Å². The van der Waals surface area contributed by atoms with Gasteiger partial charge in [-0.3, -0.25) is 4.98 Å². The first kappa shape index (κ1) is 16.5. The molecule has 0 aliphatic carbocycles. The predicted molar refractivity (Wildman–Crippen MR) is 103 cm³/mol.